The quantitative estimate of drug-likeness (QED) is 0.647. The van der Waals surface area contributed by atoms with Gasteiger partial charge in [-0.3, -0.25) is 0 Å². The smallest absolute Gasteiger partial charge is 0.139 e. The molecule has 1 aromatic carbocycles. The lowest BCUT2D eigenvalue weighted by molar-refractivity contribution is 1.16. The highest BCUT2D eigenvalue weighted by atomic mass is 15.0. The molecule has 0 aliphatic heterocycles. The van der Waals surface area contributed by atoms with Crippen LogP contribution in [0.4, 0.5) is 0 Å². The molecule has 3 rings (SSSR count). The van der Waals surface area contributed by atoms with Crippen molar-refractivity contribution >= 4 is 5.65 Å². The maximum Gasteiger partial charge on any atom is 0.139 e. The average Bonchev–Trinajstić information content (AvgIpc) is 2.87. The lowest BCUT2D eigenvalue weighted by Crippen LogP contribution is -1.91. The van der Waals surface area contributed by atoms with Gasteiger partial charge in [-0.25, -0.2) is 4.98 Å². The third kappa shape index (κ3) is 1.56. The van der Waals surface area contributed by atoms with Gasteiger partial charge in [0.05, 0.1) is 11.6 Å². The largest absolute Gasteiger partial charge is 0.306 e. The van der Waals surface area contributed by atoms with Crippen LogP contribution in [-0.4, -0.2) is 9.38 Å². The van der Waals surface area contributed by atoms with Gasteiger partial charge in [-0.2, -0.15) is 5.26 Å². The molecule has 18 heavy (non-hydrogen) atoms. The molecule has 0 saturated carbocycles. The third-order valence-corrected chi connectivity index (χ3v) is 3.03. The molecule has 0 atom stereocenters. The Bertz CT molecular complexity index is 763. The summed E-state index contributed by atoms with van der Waals surface area (Å²) in [6.07, 6.45) is 5.70. The first kappa shape index (κ1) is 10.5. The zero-order valence-corrected chi connectivity index (χ0v) is 9.96. The van der Waals surface area contributed by atoms with E-state index in [4.69, 9.17) is 5.26 Å². The predicted octanol–water partition coefficient (Wildman–Crippen LogP) is 3.18. The molecular weight excluding hydrogens is 222 g/mol. The Hall–Kier alpha value is -2.60. The summed E-state index contributed by atoms with van der Waals surface area (Å²) in [6, 6.07) is 11.9. The van der Waals surface area contributed by atoms with Crippen LogP contribution in [-0.2, 0) is 0 Å². The minimum Gasteiger partial charge on any atom is -0.306 e. The van der Waals surface area contributed by atoms with Crippen LogP contribution in [0.25, 0.3) is 16.8 Å². The molecule has 0 saturated heterocycles. The Morgan fingerprint density at radius 1 is 1.28 bits per heavy atom. The number of aromatic nitrogens is 2. The lowest BCUT2D eigenvalue weighted by atomic mass is 10.0. The normalized spacial score (nSPS) is 10.4. The summed E-state index contributed by atoms with van der Waals surface area (Å²) in [7, 11) is 0. The lowest BCUT2D eigenvalue weighted by Gasteiger charge is -2.07. The Morgan fingerprint density at radius 3 is 2.94 bits per heavy atom. The number of rotatable bonds is 1. The molecular formula is C15H11N3. The highest BCUT2D eigenvalue weighted by Crippen LogP contribution is 2.25. The maximum atomic E-state index is 9.15. The zero-order valence-electron chi connectivity index (χ0n) is 9.96. The first-order chi connectivity index (χ1) is 8.79. The van der Waals surface area contributed by atoms with Crippen LogP contribution in [0.3, 0.4) is 0 Å². The van der Waals surface area contributed by atoms with Gasteiger partial charge in [0, 0.05) is 29.7 Å². The van der Waals surface area contributed by atoms with Crippen LogP contribution in [0.1, 0.15) is 11.1 Å². The van der Waals surface area contributed by atoms with Gasteiger partial charge >= 0.3 is 0 Å². The highest BCUT2D eigenvalue weighted by molar-refractivity contribution is 5.72. The van der Waals surface area contributed by atoms with Crippen LogP contribution in [0.15, 0.2) is 48.9 Å². The minimum absolute atomic E-state index is 0.691. The summed E-state index contributed by atoms with van der Waals surface area (Å²) in [5.41, 5.74) is 4.74. The molecule has 2 heterocycles. The number of pyridine rings is 1. The van der Waals surface area contributed by atoms with Crippen LogP contribution >= 0.6 is 0 Å². The Kier molecular flexibility index (Phi) is 2.35. The van der Waals surface area contributed by atoms with Crippen molar-refractivity contribution in [3.05, 3.63) is 60.0 Å². The predicted molar refractivity (Wildman–Crippen MR) is 70.1 cm³/mol. The molecule has 0 bridgehead atoms. The summed E-state index contributed by atoms with van der Waals surface area (Å²) in [6.45, 7) is 2.03. The molecule has 0 aliphatic rings. The molecule has 0 radical (unpaired) electrons. The number of fused-ring (bicyclic) bond motifs is 1. The minimum atomic E-state index is 0.691. The van der Waals surface area contributed by atoms with E-state index in [9.17, 15) is 0 Å². The summed E-state index contributed by atoms with van der Waals surface area (Å²) in [5, 5.41) is 9.15. The van der Waals surface area contributed by atoms with Crippen molar-refractivity contribution in [2.75, 3.05) is 0 Å². The molecule has 0 spiro atoms. The zero-order chi connectivity index (χ0) is 12.5. The van der Waals surface area contributed by atoms with Gasteiger partial charge in [0.25, 0.3) is 0 Å². The molecule has 3 heteroatoms. The second kappa shape index (κ2) is 4.01. The number of hydrogen-bond donors (Lipinski definition) is 0. The molecule has 2 aromatic heterocycles. The van der Waals surface area contributed by atoms with Crippen LogP contribution < -0.4 is 0 Å². The van der Waals surface area contributed by atoms with E-state index in [-0.39, 0.29) is 0 Å². The van der Waals surface area contributed by atoms with E-state index >= 15 is 0 Å². The van der Waals surface area contributed by atoms with E-state index < -0.39 is 0 Å². The number of aryl methyl sites for hydroxylation is 1. The van der Waals surface area contributed by atoms with E-state index in [0.717, 1.165) is 22.3 Å². The van der Waals surface area contributed by atoms with Crippen LogP contribution in [0.5, 0.6) is 0 Å². The summed E-state index contributed by atoms with van der Waals surface area (Å²) in [4.78, 5) is 4.29. The average molecular weight is 233 g/mol. The Morgan fingerprint density at radius 2 is 2.11 bits per heavy atom. The summed E-state index contributed by atoms with van der Waals surface area (Å²) in [5.74, 6) is 0. The van der Waals surface area contributed by atoms with Crippen molar-refractivity contribution in [2.45, 2.75) is 6.92 Å². The SMILES string of the molecule is Cc1cc(-c2ccccc2C#N)cn2ccnc12. The Balaban J connectivity index is 2.29. The number of nitrogens with zero attached hydrogens (tertiary/aromatic N) is 3. The second-order valence-corrected chi connectivity index (χ2v) is 4.23. The topological polar surface area (TPSA) is 41.1 Å². The van der Waals surface area contributed by atoms with Gasteiger partial charge < -0.3 is 4.40 Å². The fraction of sp³-hybridized carbons (Fsp3) is 0.0667. The number of imidazole rings is 1. The summed E-state index contributed by atoms with van der Waals surface area (Å²) >= 11 is 0. The van der Waals surface area contributed by atoms with E-state index in [0.29, 0.717) is 5.56 Å². The van der Waals surface area contributed by atoms with Gasteiger partial charge in [-0.15, -0.1) is 0 Å². The number of nitriles is 1. The van der Waals surface area contributed by atoms with E-state index in [1.54, 1.807) is 6.20 Å². The van der Waals surface area contributed by atoms with Crippen molar-refractivity contribution in [3.8, 4) is 17.2 Å². The first-order valence-corrected chi connectivity index (χ1v) is 5.72. The molecule has 3 aromatic rings. The second-order valence-electron chi connectivity index (χ2n) is 4.23. The first-order valence-electron chi connectivity index (χ1n) is 5.72. The molecule has 0 amide bonds. The monoisotopic (exact) mass is 233 g/mol. The maximum absolute atomic E-state index is 9.15. The van der Waals surface area contributed by atoms with Gasteiger partial charge in [-0.1, -0.05) is 18.2 Å². The van der Waals surface area contributed by atoms with Crippen molar-refractivity contribution in [1.29, 1.82) is 5.26 Å². The van der Waals surface area contributed by atoms with Crippen molar-refractivity contribution in [3.63, 3.8) is 0 Å². The fourth-order valence-corrected chi connectivity index (χ4v) is 2.19. The highest BCUT2D eigenvalue weighted by Gasteiger charge is 2.07. The van der Waals surface area contributed by atoms with Crippen LogP contribution in [0.2, 0.25) is 0 Å². The van der Waals surface area contributed by atoms with E-state index in [1.165, 1.54) is 0 Å². The van der Waals surface area contributed by atoms with Gasteiger partial charge in [0.1, 0.15) is 5.65 Å². The third-order valence-electron chi connectivity index (χ3n) is 3.03. The van der Waals surface area contributed by atoms with E-state index in [2.05, 4.69) is 17.1 Å². The van der Waals surface area contributed by atoms with Crippen LogP contribution in [0, 0.1) is 18.3 Å². The fourth-order valence-electron chi connectivity index (χ4n) is 2.19. The standard InChI is InChI=1S/C15H11N3/c1-11-8-13(10-18-7-6-17-15(11)18)14-5-3-2-4-12(14)9-16/h2-8,10H,1H3. The van der Waals surface area contributed by atoms with Gasteiger partial charge in [-0.05, 0) is 24.6 Å². The van der Waals surface area contributed by atoms with Crippen molar-refractivity contribution in [2.24, 2.45) is 0 Å². The molecule has 0 fully saturated rings. The number of hydrogen-bond acceptors (Lipinski definition) is 2. The van der Waals surface area contributed by atoms with Gasteiger partial charge in [0.15, 0.2) is 0 Å². The molecule has 0 aliphatic carbocycles. The molecule has 0 unspecified atom stereocenters. The summed E-state index contributed by atoms with van der Waals surface area (Å²) < 4.78 is 1.98. The van der Waals surface area contributed by atoms with E-state index in [1.807, 2.05) is 48.0 Å². The molecule has 3 nitrogen and oxygen atoms in total. The molecule has 86 valence electrons. The Labute approximate surface area is 105 Å². The van der Waals surface area contributed by atoms with Gasteiger partial charge in [0.2, 0.25) is 0 Å². The van der Waals surface area contributed by atoms with Crippen molar-refractivity contribution in [1.82, 2.24) is 9.38 Å². The number of benzene rings is 1. The molecule has 0 N–H and O–H groups in total. The van der Waals surface area contributed by atoms with Crippen molar-refractivity contribution < 1.29 is 0 Å².